The predicted octanol–water partition coefficient (Wildman–Crippen LogP) is -3.76. The Morgan fingerprint density at radius 2 is 1.24 bits per heavy atom. The highest BCUT2D eigenvalue weighted by molar-refractivity contribution is 5.98. The van der Waals surface area contributed by atoms with Gasteiger partial charge >= 0.3 is 11.9 Å². The van der Waals surface area contributed by atoms with Crippen LogP contribution in [0.4, 0.5) is 0 Å². The zero-order chi connectivity index (χ0) is 50.3. The van der Waals surface area contributed by atoms with Gasteiger partial charge in [-0.2, -0.15) is 0 Å². The Morgan fingerprint density at radius 3 is 1.76 bits per heavy atom. The van der Waals surface area contributed by atoms with Gasteiger partial charge in [0.2, 0.25) is 47.3 Å². The number of nitrogens with two attached hydrogens (primary N) is 2. The highest BCUT2D eigenvalue weighted by Crippen LogP contribution is 2.12. The van der Waals surface area contributed by atoms with E-state index in [0.29, 0.717) is 31.5 Å². The SMILES string of the molecule is CC[C@H](C)[C@H](NC(=O)[C@H](CCCCN)NC(=O)[C@H](Cc1cnc[nH]1)NC(=O)[C@@H](NC(=O)CNC(=O)[C@H](CC(=O)O)NC(=O)[C@H](CO)NC(=O)[C@H](CC(C)C)NC(=O)[C@H](C)N)C(C)C)C(=O)O. The Kier molecular flexibility index (Phi) is 25.7. The van der Waals surface area contributed by atoms with Crippen molar-refractivity contribution in [3.8, 4) is 0 Å². The summed E-state index contributed by atoms with van der Waals surface area (Å²) in [5.41, 5.74) is 11.6. The number of carbonyl (C=O) groups is 10. The summed E-state index contributed by atoms with van der Waals surface area (Å²) in [5, 5.41) is 48.4. The van der Waals surface area contributed by atoms with Crippen LogP contribution in [0.25, 0.3) is 0 Å². The van der Waals surface area contributed by atoms with E-state index in [1.807, 2.05) is 0 Å². The molecule has 0 bridgehead atoms. The van der Waals surface area contributed by atoms with Crippen LogP contribution in [-0.4, -0.2) is 153 Å². The number of H-pyrrole nitrogens is 1. The third kappa shape index (κ3) is 20.7. The number of aromatic amines is 1. The zero-order valence-electron chi connectivity index (χ0n) is 38.6. The van der Waals surface area contributed by atoms with Crippen molar-refractivity contribution in [1.82, 2.24) is 52.5 Å². The van der Waals surface area contributed by atoms with E-state index in [9.17, 15) is 63.3 Å². The topological polar surface area (TPSA) is 408 Å². The van der Waals surface area contributed by atoms with Crippen LogP contribution in [0.1, 0.15) is 92.7 Å². The molecule has 1 heterocycles. The molecule has 16 N–H and O–H groups in total. The number of amides is 8. The fraction of sp³-hybridized carbons (Fsp3) is 0.683. The van der Waals surface area contributed by atoms with Gasteiger partial charge in [0, 0.05) is 18.3 Å². The number of nitrogens with zero attached hydrogens (tertiary/aromatic N) is 1. The molecule has 1 aromatic rings. The summed E-state index contributed by atoms with van der Waals surface area (Å²) in [6.07, 6.45) is 3.15. The Labute approximate surface area is 383 Å². The number of hydrogen-bond acceptors (Lipinski definition) is 14. The number of aliphatic hydroxyl groups is 1. The van der Waals surface area contributed by atoms with Gasteiger partial charge in [-0.25, -0.2) is 9.78 Å². The van der Waals surface area contributed by atoms with Crippen molar-refractivity contribution in [3.05, 3.63) is 18.2 Å². The number of imidazole rings is 1. The van der Waals surface area contributed by atoms with Gasteiger partial charge in [-0.15, -0.1) is 0 Å². The van der Waals surface area contributed by atoms with Gasteiger partial charge in [0.1, 0.15) is 42.3 Å². The zero-order valence-corrected chi connectivity index (χ0v) is 38.6. The number of carbonyl (C=O) groups excluding carboxylic acids is 8. The number of rotatable bonds is 31. The van der Waals surface area contributed by atoms with E-state index < -0.39 is 139 Å². The first-order valence-electron chi connectivity index (χ1n) is 21.8. The van der Waals surface area contributed by atoms with Crippen molar-refractivity contribution in [2.75, 3.05) is 19.7 Å². The molecule has 1 rings (SSSR count). The fourth-order valence-electron chi connectivity index (χ4n) is 6.24. The number of carboxylic acid groups (broad SMARTS) is 2. The molecule has 8 amide bonds. The van der Waals surface area contributed by atoms with Crippen LogP contribution in [0.3, 0.4) is 0 Å². The van der Waals surface area contributed by atoms with Crippen LogP contribution in [0, 0.1) is 17.8 Å². The van der Waals surface area contributed by atoms with E-state index in [-0.39, 0.29) is 25.2 Å². The number of hydrogen-bond donors (Lipinski definition) is 14. The van der Waals surface area contributed by atoms with Crippen molar-refractivity contribution < 1.29 is 63.3 Å². The van der Waals surface area contributed by atoms with Gasteiger partial charge in [-0.1, -0.05) is 48.0 Å². The fourth-order valence-corrected chi connectivity index (χ4v) is 6.24. The summed E-state index contributed by atoms with van der Waals surface area (Å²) < 4.78 is 0. The summed E-state index contributed by atoms with van der Waals surface area (Å²) in [5.74, 6) is -11.2. The Morgan fingerprint density at radius 1 is 0.682 bits per heavy atom. The highest BCUT2D eigenvalue weighted by atomic mass is 16.4. The monoisotopic (exact) mass is 939 g/mol. The van der Waals surface area contributed by atoms with Crippen molar-refractivity contribution in [3.63, 3.8) is 0 Å². The quantitative estimate of drug-likeness (QED) is 0.0318. The van der Waals surface area contributed by atoms with Crippen LogP contribution in [0.5, 0.6) is 0 Å². The van der Waals surface area contributed by atoms with Gasteiger partial charge in [-0.3, -0.25) is 43.2 Å². The van der Waals surface area contributed by atoms with Crippen LogP contribution in [0.2, 0.25) is 0 Å². The van der Waals surface area contributed by atoms with Gasteiger partial charge in [0.15, 0.2) is 0 Å². The molecule has 25 heteroatoms. The van der Waals surface area contributed by atoms with E-state index in [1.165, 1.54) is 19.4 Å². The minimum absolute atomic E-state index is 0.0904. The first kappa shape index (κ1) is 57.8. The summed E-state index contributed by atoms with van der Waals surface area (Å²) in [7, 11) is 0. The molecule has 1 aromatic heterocycles. The van der Waals surface area contributed by atoms with E-state index in [4.69, 9.17) is 11.5 Å². The standard InChI is InChI=1S/C41H70N12O13/c1-8-22(6)33(41(65)66)53-36(60)25(11-9-10-12-42)47-38(62)27(14-24-16-44-19-46-24)50-40(64)32(21(4)5)52-30(55)17-45-35(59)28(15-31(56)57)49-39(63)29(18-54)51-37(61)26(13-20(2)3)48-34(58)23(7)43/h16,19-23,25-29,32-33,54H,8-15,17-18,42-43H2,1-7H3,(H,44,46)(H,45,59)(H,47,62)(H,48,58)(H,49,63)(H,50,64)(H,51,61)(H,52,55)(H,53,60)(H,56,57)(H,65,66)/t22-,23-,25-,26-,27-,28-,29-,32-,33-/m0/s1. The lowest BCUT2D eigenvalue weighted by molar-refractivity contribution is -0.144. The second kappa shape index (κ2) is 29.4. The molecule has 0 saturated carbocycles. The largest absolute Gasteiger partial charge is 0.481 e. The number of aromatic nitrogens is 2. The maximum absolute atomic E-state index is 13.9. The normalized spacial score (nSPS) is 15.3. The lowest BCUT2D eigenvalue weighted by Gasteiger charge is -2.28. The van der Waals surface area contributed by atoms with Crippen molar-refractivity contribution in [2.24, 2.45) is 29.2 Å². The first-order valence-corrected chi connectivity index (χ1v) is 21.8. The average molecular weight is 939 g/mol. The van der Waals surface area contributed by atoms with Crippen LogP contribution in [0.15, 0.2) is 12.5 Å². The predicted molar refractivity (Wildman–Crippen MR) is 236 cm³/mol. The molecule has 0 aliphatic carbocycles. The van der Waals surface area contributed by atoms with Gasteiger partial charge in [0.25, 0.3) is 0 Å². The maximum Gasteiger partial charge on any atom is 0.326 e. The summed E-state index contributed by atoms with van der Waals surface area (Å²) in [4.78, 5) is 136. The number of unbranched alkanes of at least 4 members (excludes halogenated alkanes) is 1. The molecule has 9 atom stereocenters. The second-order valence-corrected chi connectivity index (χ2v) is 16.8. The molecular weight excluding hydrogens is 869 g/mol. The third-order valence-electron chi connectivity index (χ3n) is 10.2. The molecule has 0 unspecified atom stereocenters. The lowest BCUT2D eigenvalue weighted by atomic mass is 9.98. The third-order valence-corrected chi connectivity index (χ3v) is 10.2. The van der Waals surface area contributed by atoms with Crippen LogP contribution in [-0.2, 0) is 54.4 Å². The molecule has 25 nitrogen and oxygen atoms in total. The molecule has 372 valence electrons. The number of carboxylic acids is 2. The Balaban J connectivity index is 3.19. The molecule has 0 fully saturated rings. The van der Waals surface area contributed by atoms with Gasteiger partial charge < -0.3 is 74.3 Å². The van der Waals surface area contributed by atoms with Crippen molar-refractivity contribution in [1.29, 1.82) is 0 Å². The van der Waals surface area contributed by atoms with E-state index in [0.717, 1.165) is 0 Å². The van der Waals surface area contributed by atoms with Crippen LogP contribution >= 0.6 is 0 Å². The smallest absolute Gasteiger partial charge is 0.326 e. The molecule has 0 aliphatic rings. The molecule has 66 heavy (non-hydrogen) atoms. The van der Waals surface area contributed by atoms with E-state index in [2.05, 4.69) is 52.5 Å². The molecule has 0 aromatic carbocycles. The number of aliphatic carboxylic acids is 2. The molecule has 0 aliphatic heterocycles. The van der Waals surface area contributed by atoms with Crippen LogP contribution < -0.4 is 54.0 Å². The average Bonchev–Trinajstić information content (AvgIpc) is 3.76. The molecule has 0 radical (unpaired) electrons. The Bertz CT molecular complexity index is 1790. The highest BCUT2D eigenvalue weighted by Gasteiger charge is 2.35. The minimum atomic E-state index is -1.82. The minimum Gasteiger partial charge on any atom is -0.481 e. The number of aliphatic hydroxyl groups excluding tert-OH is 1. The van der Waals surface area contributed by atoms with Gasteiger partial charge in [0.05, 0.1) is 31.9 Å². The Hall–Kier alpha value is -6.21. The first-order chi connectivity index (χ1) is 30.9. The van der Waals surface area contributed by atoms with Gasteiger partial charge in [-0.05, 0) is 56.9 Å². The van der Waals surface area contributed by atoms with Crippen molar-refractivity contribution >= 4 is 59.2 Å². The van der Waals surface area contributed by atoms with Crippen molar-refractivity contribution in [2.45, 2.75) is 142 Å². The maximum atomic E-state index is 13.9. The summed E-state index contributed by atoms with van der Waals surface area (Å²) in [6, 6.07) is -10.8. The molecule has 0 spiro atoms. The second-order valence-electron chi connectivity index (χ2n) is 16.8. The molecular formula is C41H70N12O13. The number of nitrogens with one attached hydrogen (secondary N) is 9. The summed E-state index contributed by atoms with van der Waals surface area (Å²) in [6.45, 7) is 9.99. The molecule has 0 saturated heterocycles. The van der Waals surface area contributed by atoms with E-state index in [1.54, 1.807) is 41.5 Å². The van der Waals surface area contributed by atoms with E-state index >= 15 is 0 Å². The summed E-state index contributed by atoms with van der Waals surface area (Å²) >= 11 is 0. The lowest BCUT2D eigenvalue weighted by Crippen LogP contribution is -2.60.